The van der Waals surface area contributed by atoms with Crippen LogP contribution in [0, 0.1) is 13.8 Å². The van der Waals surface area contributed by atoms with E-state index in [1.165, 1.54) is 46.5 Å². The van der Waals surface area contributed by atoms with Crippen LogP contribution in [0.25, 0.3) is 0 Å². The van der Waals surface area contributed by atoms with Gasteiger partial charge in [0.05, 0.1) is 36.7 Å². The second kappa shape index (κ2) is 10.5. The minimum absolute atomic E-state index is 0.00717. The average Bonchev–Trinajstić information content (AvgIpc) is 2.77. The summed E-state index contributed by atoms with van der Waals surface area (Å²) in [5.74, 6) is -2.14. The number of esters is 2. The summed E-state index contributed by atoms with van der Waals surface area (Å²) in [7, 11) is 1.06. The Hall–Kier alpha value is -3.44. The molecule has 0 aliphatic carbocycles. The van der Waals surface area contributed by atoms with Crippen molar-refractivity contribution < 1.29 is 32.3 Å². The maximum atomic E-state index is 13.0. The lowest BCUT2D eigenvalue weighted by Gasteiger charge is -2.28. The highest BCUT2D eigenvalue weighted by Crippen LogP contribution is 2.26. The smallest absolute Gasteiger partial charge is 0.339 e. The van der Waals surface area contributed by atoms with Crippen LogP contribution in [0.3, 0.4) is 0 Å². The average molecular weight is 478 g/mol. The number of nitrogens with one attached hydrogen (secondary N) is 1. The summed E-state index contributed by atoms with van der Waals surface area (Å²) >= 11 is 0. The Morgan fingerprint density at radius 3 is 2.15 bits per heavy atom. The van der Waals surface area contributed by atoms with Gasteiger partial charge in [0.2, 0.25) is 5.91 Å². The summed E-state index contributed by atoms with van der Waals surface area (Å²) in [5.41, 5.74) is 1.88. The first kappa shape index (κ1) is 25.8. The van der Waals surface area contributed by atoms with E-state index in [4.69, 9.17) is 4.74 Å². The molecule has 0 radical (unpaired) electrons. The first-order valence-electron chi connectivity index (χ1n) is 9.80. The maximum Gasteiger partial charge on any atom is 0.339 e. The van der Waals surface area contributed by atoms with Crippen LogP contribution in [0.4, 0.5) is 11.4 Å². The van der Waals surface area contributed by atoms with Crippen molar-refractivity contribution in [2.75, 3.05) is 44.5 Å². The van der Waals surface area contributed by atoms with Crippen molar-refractivity contribution in [2.24, 2.45) is 0 Å². The standard InChI is InChI=1S/C22H27N3O7S/c1-14-7-8-15(2)19(11-14)25(33(29,30)24(3)4)13-20(26)23-18-12-16(21(27)31-5)9-10-17(18)22(28)32-6/h7-12H,13H2,1-6H3,(H,23,26). The minimum Gasteiger partial charge on any atom is -0.465 e. The summed E-state index contributed by atoms with van der Waals surface area (Å²) in [6.07, 6.45) is 0. The highest BCUT2D eigenvalue weighted by atomic mass is 32.2. The number of anilines is 2. The van der Waals surface area contributed by atoms with Gasteiger partial charge in [-0.3, -0.25) is 4.79 Å². The van der Waals surface area contributed by atoms with Gasteiger partial charge in [-0.25, -0.2) is 13.9 Å². The fourth-order valence-electron chi connectivity index (χ4n) is 2.98. The molecule has 0 saturated carbocycles. The Labute approximate surface area is 193 Å². The summed E-state index contributed by atoms with van der Waals surface area (Å²) in [4.78, 5) is 37.0. The summed E-state index contributed by atoms with van der Waals surface area (Å²) in [6, 6.07) is 9.19. The zero-order valence-electron chi connectivity index (χ0n) is 19.3. The van der Waals surface area contributed by atoms with Gasteiger partial charge >= 0.3 is 22.1 Å². The van der Waals surface area contributed by atoms with E-state index in [0.29, 0.717) is 11.3 Å². The van der Waals surface area contributed by atoms with Crippen LogP contribution in [0.15, 0.2) is 36.4 Å². The highest BCUT2D eigenvalue weighted by molar-refractivity contribution is 7.90. The van der Waals surface area contributed by atoms with Crippen LogP contribution in [-0.4, -0.2) is 65.4 Å². The number of hydrogen-bond acceptors (Lipinski definition) is 7. The quantitative estimate of drug-likeness (QED) is 0.578. The van der Waals surface area contributed by atoms with E-state index in [2.05, 4.69) is 10.1 Å². The number of carbonyl (C=O) groups is 3. The Kier molecular flexibility index (Phi) is 8.18. The normalized spacial score (nSPS) is 11.1. The molecule has 0 unspecified atom stereocenters. The molecule has 2 aromatic rings. The third-order valence-electron chi connectivity index (χ3n) is 4.78. The van der Waals surface area contributed by atoms with Crippen molar-refractivity contribution in [2.45, 2.75) is 13.8 Å². The van der Waals surface area contributed by atoms with Gasteiger partial charge in [-0.2, -0.15) is 12.7 Å². The SMILES string of the molecule is COC(=O)c1ccc(C(=O)OC)c(NC(=O)CN(c2cc(C)ccc2C)S(=O)(=O)N(C)C)c1. The molecular formula is C22H27N3O7S. The maximum absolute atomic E-state index is 13.0. The fraction of sp³-hybridized carbons (Fsp3) is 0.318. The lowest BCUT2D eigenvalue weighted by Crippen LogP contribution is -2.44. The Morgan fingerprint density at radius 2 is 1.58 bits per heavy atom. The molecule has 0 aliphatic heterocycles. The van der Waals surface area contributed by atoms with Crippen LogP contribution in [0.2, 0.25) is 0 Å². The first-order valence-corrected chi connectivity index (χ1v) is 11.2. The molecule has 0 bridgehead atoms. The number of hydrogen-bond donors (Lipinski definition) is 1. The van der Waals surface area contributed by atoms with Gasteiger partial charge in [-0.05, 0) is 49.2 Å². The van der Waals surface area contributed by atoms with E-state index < -0.39 is 34.6 Å². The number of rotatable bonds is 8. The third kappa shape index (κ3) is 5.88. The number of nitrogens with zero attached hydrogens (tertiary/aromatic N) is 2. The summed E-state index contributed by atoms with van der Waals surface area (Å²) < 4.78 is 37.4. The van der Waals surface area contributed by atoms with Crippen LogP contribution in [-0.2, 0) is 24.5 Å². The van der Waals surface area contributed by atoms with E-state index in [1.807, 2.05) is 13.0 Å². The van der Waals surface area contributed by atoms with Crippen molar-refractivity contribution in [1.82, 2.24) is 4.31 Å². The van der Waals surface area contributed by atoms with Crippen LogP contribution in [0.1, 0.15) is 31.8 Å². The van der Waals surface area contributed by atoms with Crippen molar-refractivity contribution in [3.8, 4) is 0 Å². The number of amides is 1. The van der Waals surface area contributed by atoms with E-state index in [9.17, 15) is 22.8 Å². The third-order valence-corrected chi connectivity index (χ3v) is 6.59. The summed E-state index contributed by atoms with van der Waals surface area (Å²) in [6.45, 7) is 2.97. The van der Waals surface area contributed by atoms with Gasteiger partial charge in [-0.15, -0.1) is 0 Å². The molecule has 0 aliphatic rings. The Bertz CT molecular complexity index is 1180. The molecule has 10 nitrogen and oxygen atoms in total. The van der Waals surface area contributed by atoms with E-state index in [1.54, 1.807) is 19.1 Å². The molecular weight excluding hydrogens is 450 g/mol. The molecule has 0 heterocycles. The van der Waals surface area contributed by atoms with Crippen molar-refractivity contribution in [3.63, 3.8) is 0 Å². The van der Waals surface area contributed by atoms with E-state index >= 15 is 0 Å². The lowest BCUT2D eigenvalue weighted by molar-refractivity contribution is -0.114. The molecule has 178 valence electrons. The molecule has 0 saturated heterocycles. The number of methoxy groups -OCH3 is 2. The topological polar surface area (TPSA) is 122 Å². The van der Waals surface area contributed by atoms with Crippen molar-refractivity contribution >= 4 is 39.4 Å². The minimum atomic E-state index is -4.04. The van der Waals surface area contributed by atoms with Gasteiger partial charge < -0.3 is 14.8 Å². The van der Waals surface area contributed by atoms with E-state index in [0.717, 1.165) is 14.2 Å². The molecule has 0 aromatic heterocycles. The van der Waals surface area contributed by atoms with Crippen molar-refractivity contribution in [1.29, 1.82) is 0 Å². The first-order chi connectivity index (χ1) is 15.4. The Balaban J connectivity index is 2.48. The Morgan fingerprint density at radius 1 is 0.939 bits per heavy atom. The number of benzene rings is 2. The molecule has 0 atom stereocenters. The molecule has 2 aromatic carbocycles. The molecule has 33 heavy (non-hydrogen) atoms. The van der Waals surface area contributed by atoms with Gasteiger partial charge in [-0.1, -0.05) is 12.1 Å². The summed E-state index contributed by atoms with van der Waals surface area (Å²) in [5, 5.41) is 2.52. The molecule has 11 heteroatoms. The van der Waals surface area contributed by atoms with Gasteiger partial charge in [0.15, 0.2) is 0 Å². The molecule has 2 rings (SSSR count). The molecule has 1 N–H and O–H groups in total. The monoisotopic (exact) mass is 477 g/mol. The zero-order chi connectivity index (χ0) is 24.9. The van der Waals surface area contributed by atoms with Crippen LogP contribution >= 0.6 is 0 Å². The second-order valence-corrected chi connectivity index (χ2v) is 9.45. The van der Waals surface area contributed by atoms with Gasteiger partial charge in [0.1, 0.15) is 6.54 Å². The van der Waals surface area contributed by atoms with Crippen LogP contribution in [0.5, 0.6) is 0 Å². The highest BCUT2D eigenvalue weighted by Gasteiger charge is 2.29. The fourth-order valence-corrected chi connectivity index (χ4v) is 4.10. The number of aryl methyl sites for hydroxylation is 2. The predicted octanol–water partition coefficient (Wildman–Crippen LogP) is 2.13. The van der Waals surface area contributed by atoms with Gasteiger partial charge in [0, 0.05) is 14.1 Å². The van der Waals surface area contributed by atoms with E-state index in [-0.39, 0.29) is 16.8 Å². The molecule has 0 spiro atoms. The molecule has 0 fully saturated rings. The van der Waals surface area contributed by atoms with Crippen LogP contribution < -0.4 is 9.62 Å². The number of ether oxygens (including phenoxy) is 2. The lowest BCUT2D eigenvalue weighted by atomic mass is 10.1. The van der Waals surface area contributed by atoms with Crippen molar-refractivity contribution in [3.05, 3.63) is 58.7 Å². The molecule has 1 amide bonds. The second-order valence-electron chi connectivity index (χ2n) is 7.38. The predicted molar refractivity (Wildman–Crippen MR) is 124 cm³/mol. The van der Waals surface area contributed by atoms with Gasteiger partial charge in [0.25, 0.3) is 0 Å². The number of carbonyl (C=O) groups excluding carboxylic acids is 3. The largest absolute Gasteiger partial charge is 0.465 e. The zero-order valence-corrected chi connectivity index (χ0v) is 20.1.